The number of methoxy groups -OCH3 is 1. The van der Waals surface area contributed by atoms with Crippen LogP contribution in [-0.4, -0.2) is 29.9 Å². The van der Waals surface area contributed by atoms with Crippen LogP contribution in [0.3, 0.4) is 0 Å². The van der Waals surface area contributed by atoms with Gasteiger partial charge < -0.3 is 15.6 Å². The van der Waals surface area contributed by atoms with Gasteiger partial charge in [0, 0.05) is 9.99 Å². The minimum atomic E-state index is -5.16. The Morgan fingerprint density at radius 2 is 1.91 bits per heavy atom. The summed E-state index contributed by atoms with van der Waals surface area (Å²) < 4.78 is 45.2. The second-order valence-electron chi connectivity index (χ2n) is 5.63. The van der Waals surface area contributed by atoms with Crippen LogP contribution in [0.1, 0.15) is 25.8 Å². The SMILES string of the molecule is COc1cc(I)ccc1C(C)(C)CC(O)(C(N)=O)C(F)(F)F. The predicted molar refractivity (Wildman–Crippen MR) is 83.6 cm³/mol. The number of ether oxygens (including phenoxy) is 1. The van der Waals surface area contributed by atoms with Crippen molar-refractivity contribution in [3.05, 3.63) is 27.3 Å². The van der Waals surface area contributed by atoms with Crippen LogP contribution in [0.2, 0.25) is 0 Å². The zero-order valence-electron chi connectivity index (χ0n) is 12.3. The summed E-state index contributed by atoms with van der Waals surface area (Å²) in [7, 11) is 1.40. The standard InChI is InChI=1S/C14H17F3INO3/c1-12(2,7-13(21,11(19)20)14(15,16)17)9-5-4-8(18)6-10(9)22-3/h4-6,21H,7H2,1-3H3,(H2,19,20). The Morgan fingerprint density at radius 3 is 2.32 bits per heavy atom. The normalized spacial score (nSPS) is 15.3. The van der Waals surface area contributed by atoms with Gasteiger partial charge in [-0.1, -0.05) is 19.9 Å². The number of hydrogen-bond donors (Lipinski definition) is 2. The molecular formula is C14H17F3INO3. The van der Waals surface area contributed by atoms with Crippen molar-refractivity contribution in [2.24, 2.45) is 5.73 Å². The predicted octanol–water partition coefficient (Wildman–Crippen LogP) is 2.75. The summed E-state index contributed by atoms with van der Waals surface area (Å²) in [6.45, 7) is 2.97. The third-order valence-electron chi connectivity index (χ3n) is 3.47. The Bertz CT molecular complexity index is 575. The van der Waals surface area contributed by atoms with Gasteiger partial charge in [0.15, 0.2) is 0 Å². The topological polar surface area (TPSA) is 72.6 Å². The first kappa shape index (κ1) is 19.0. The molecule has 0 saturated carbocycles. The van der Waals surface area contributed by atoms with Crippen molar-refractivity contribution < 1.29 is 27.8 Å². The number of benzene rings is 1. The molecule has 0 fully saturated rings. The molecule has 22 heavy (non-hydrogen) atoms. The molecule has 0 spiro atoms. The van der Waals surface area contributed by atoms with E-state index in [0.717, 1.165) is 3.57 Å². The highest BCUT2D eigenvalue weighted by atomic mass is 127. The molecule has 3 N–H and O–H groups in total. The first-order valence-corrected chi connectivity index (χ1v) is 7.36. The average Bonchev–Trinajstić information content (AvgIpc) is 2.35. The number of primary amides is 1. The Balaban J connectivity index is 3.33. The summed E-state index contributed by atoms with van der Waals surface area (Å²) in [5, 5.41) is 9.80. The van der Waals surface area contributed by atoms with E-state index in [1.165, 1.54) is 21.0 Å². The molecule has 1 aromatic rings. The lowest BCUT2D eigenvalue weighted by Crippen LogP contribution is -2.58. The number of aliphatic hydroxyl groups is 1. The van der Waals surface area contributed by atoms with Crippen molar-refractivity contribution in [1.82, 2.24) is 0 Å². The molecule has 1 unspecified atom stereocenters. The van der Waals surface area contributed by atoms with Gasteiger partial charge in [-0.15, -0.1) is 0 Å². The minimum Gasteiger partial charge on any atom is -0.496 e. The van der Waals surface area contributed by atoms with Gasteiger partial charge in [-0.25, -0.2) is 0 Å². The summed E-state index contributed by atoms with van der Waals surface area (Å²) in [5.74, 6) is -1.44. The van der Waals surface area contributed by atoms with Gasteiger partial charge in [-0.2, -0.15) is 13.2 Å². The van der Waals surface area contributed by atoms with E-state index < -0.39 is 29.5 Å². The summed E-state index contributed by atoms with van der Waals surface area (Å²) in [6.07, 6.45) is -6.07. The molecule has 0 heterocycles. The maximum atomic E-state index is 13.1. The zero-order chi connectivity index (χ0) is 17.3. The van der Waals surface area contributed by atoms with Crippen LogP contribution in [0.4, 0.5) is 13.2 Å². The molecular weight excluding hydrogens is 414 g/mol. The highest BCUT2D eigenvalue weighted by molar-refractivity contribution is 14.1. The highest BCUT2D eigenvalue weighted by Gasteiger charge is 2.60. The molecule has 0 bridgehead atoms. The minimum absolute atomic E-state index is 0.380. The van der Waals surface area contributed by atoms with Crippen LogP contribution in [-0.2, 0) is 10.2 Å². The molecule has 1 aromatic carbocycles. The van der Waals surface area contributed by atoms with E-state index in [0.29, 0.717) is 11.3 Å². The largest absolute Gasteiger partial charge is 0.496 e. The van der Waals surface area contributed by atoms with Crippen molar-refractivity contribution in [2.75, 3.05) is 7.11 Å². The van der Waals surface area contributed by atoms with Crippen LogP contribution < -0.4 is 10.5 Å². The number of halogens is 4. The Kier molecular flexibility index (Phi) is 5.38. The molecule has 4 nitrogen and oxygen atoms in total. The molecule has 1 atom stereocenters. The van der Waals surface area contributed by atoms with Crippen LogP contribution in [0.25, 0.3) is 0 Å². The number of carbonyl (C=O) groups excluding carboxylic acids is 1. The average molecular weight is 431 g/mol. The quantitative estimate of drug-likeness (QED) is 0.705. The van der Waals surface area contributed by atoms with Gasteiger partial charge >= 0.3 is 6.18 Å². The number of alkyl halides is 3. The van der Waals surface area contributed by atoms with E-state index in [-0.39, 0.29) is 0 Å². The third-order valence-corrected chi connectivity index (χ3v) is 4.14. The molecule has 0 aromatic heterocycles. The molecule has 1 amide bonds. The van der Waals surface area contributed by atoms with E-state index in [4.69, 9.17) is 10.5 Å². The van der Waals surface area contributed by atoms with E-state index in [9.17, 15) is 23.1 Å². The van der Waals surface area contributed by atoms with Gasteiger partial charge in [0.05, 0.1) is 7.11 Å². The van der Waals surface area contributed by atoms with Crippen LogP contribution in [0.5, 0.6) is 5.75 Å². The summed E-state index contributed by atoms with van der Waals surface area (Å²) in [6, 6.07) is 4.98. The lowest BCUT2D eigenvalue weighted by Gasteiger charge is -2.36. The van der Waals surface area contributed by atoms with Crippen molar-refractivity contribution in [3.8, 4) is 5.75 Å². The first-order valence-electron chi connectivity index (χ1n) is 6.28. The van der Waals surface area contributed by atoms with Gasteiger partial charge in [0.1, 0.15) is 5.75 Å². The monoisotopic (exact) mass is 431 g/mol. The molecule has 8 heteroatoms. The fourth-order valence-electron chi connectivity index (χ4n) is 2.29. The fraction of sp³-hybridized carbons (Fsp3) is 0.500. The molecule has 0 radical (unpaired) electrons. The number of rotatable bonds is 5. The number of hydrogen-bond acceptors (Lipinski definition) is 3. The fourth-order valence-corrected chi connectivity index (χ4v) is 2.75. The summed E-state index contributed by atoms with van der Waals surface area (Å²) in [4.78, 5) is 11.2. The van der Waals surface area contributed by atoms with Crippen LogP contribution in [0.15, 0.2) is 18.2 Å². The van der Waals surface area contributed by atoms with Crippen LogP contribution in [0, 0.1) is 3.57 Å². The lowest BCUT2D eigenvalue weighted by atomic mass is 9.74. The van der Waals surface area contributed by atoms with Crippen LogP contribution >= 0.6 is 22.6 Å². The Labute approximate surface area is 140 Å². The van der Waals surface area contributed by atoms with Crippen molar-refractivity contribution in [1.29, 1.82) is 0 Å². The summed E-state index contributed by atoms with van der Waals surface area (Å²) >= 11 is 2.04. The highest BCUT2D eigenvalue weighted by Crippen LogP contribution is 2.43. The molecule has 0 aliphatic carbocycles. The van der Waals surface area contributed by atoms with E-state index >= 15 is 0 Å². The Morgan fingerprint density at radius 1 is 1.36 bits per heavy atom. The molecule has 0 saturated heterocycles. The molecule has 124 valence electrons. The number of amides is 1. The molecule has 0 aliphatic rings. The van der Waals surface area contributed by atoms with Gasteiger partial charge in [-0.3, -0.25) is 4.79 Å². The maximum absolute atomic E-state index is 13.1. The van der Waals surface area contributed by atoms with E-state index in [1.54, 1.807) is 18.2 Å². The second kappa shape index (κ2) is 6.23. The maximum Gasteiger partial charge on any atom is 0.426 e. The van der Waals surface area contributed by atoms with Crippen molar-refractivity contribution in [3.63, 3.8) is 0 Å². The second-order valence-corrected chi connectivity index (χ2v) is 6.87. The summed E-state index contributed by atoms with van der Waals surface area (Å²) in [5.41, 5.74) is 0.433. The lowest BCUT2D eigenvalue weighted by molar-refractivity contribution is -0.255. The van der Waals surface area contributed by atoms with Crippen molar-refractivity contribution >= 4 is 28.5 Å². The Hall–Kier alpha value is -1.03. The van der Waals surface area contributed by atoms with E-state index in [1.807, 2.05) is 22.6 Å². The molecule has 1 rings (SSSR count). The van der Waals surface area contributed by atoms with E-state index in [2.05, 4.69) is 0 Å². The van der Waals surface area contributed by atoms with Crippen molar-refractivity contribution in [2.45, 2.75) is 37.5 Å². The number of nitrogens with two attached hydrogens (primary N) is 1. The smallest absolute Gasteiger partial charge is 0.426 e. The van der Waals surface area contributed by atoms with Gasteiger partial charge in [0.2, 0.25) is 5.60 Å². The number of carbonyl (C=O) groups is 1. The molecule has 0 aliphatic heterocycles. The van der Waals surface area contributed by atoms with Gasteiger partial charge in [-0.05, 0) is 45.7 Å². The first-order chi connectivity index (χ1) is 9.85. The zero-order valence-corrected chi connectivity index (χ0v) is 14.4. The van der Waals surface area contributed by atoms with Gasteiger partial charge in [0.25, 0.3) is 5.91 Å². The third kappa shape index (κ3) is 3.65.